The van der Waals surface area contributed by atoms with Crippen LogP contribution in [0.5, 0.6) is 5.75 Å². The quantitative estimate of drug-likeness (QED) is 0.0649. The maximum atomic E-state index is 10.7. The highest BCUT2D eigenvalue weighted by atomic mass is 16.4. The third-order valence-electron chi connectivity index (χ3n) is 9.72. The Morgan fingerprint density at radius 3 is 1.49 bits per heavy atom. The fourth-order valence-electron chi connectivity index (χ4n) is 6.70. The van der Waals surface area contributed by atoms with Crippen LogP contribution in [-0.4, -0.2) is 16.1 Å². The van der Waals surface area contributed by atoms with Gasteiger partial charge in [0.2, 0.25) is 6.33 Å². The molecule has 2 atom stereocenters. The Bertz CT molecular complexity index is 945. The summed E-state index contributed by atoms with van der Waals surface area (Å²) >= 11 is 0. The number of carbonyl (C=O) groups is 1. The van der Waals surface area contributed by atoms with E-state index in [0.717, 1.165) is 5.92 Å². The summed E-state index contributed by atoms with van der Waals surface area (Å²) in [6, 6.07) is 6.22. The maximum absolute atomic E-state index is 10.7. The van der Waals surface area contributed by atoms with Gasteiger partial charge in [-0.15, -0.1) is 0 Å². The fourth-order valence-corrected chi connectivity index (χ4v) is 6.70. The van der Waals surface area contributed by atoms with Gasteiger partial charge in [-0.2, -0.15) is 0 Å². The molecule has 2 rings (SSSR count). The zero-order valence-corrected chi connectivity index (χ0v) is 31.0. The Morgan fingerprint density at radius 1 is 0.681 bits per heavy atom. The van der Waals surface area contributed by atoms with Gasteiger partial charge in [-0.25, -0.2) is 9.36 Å². The van der Waals surface area contributed by atoms with E-state index < -0.39 is 11.7 Å². The second-order valence-electron chi connectivity index (χ2n) is 14.2. The first kappa shape index (κ1) is 42.7. The van der Waals surface area contributed by atoms with Crippen molar-refractivity contribution in [3.8, 4) is 5.75 Å². The molecular weight excluding hydrogens is 580 g/mol. The number of unbranched alkanes of at least 4 members (excludes halogenated alkanes) is 22. The Hall–Kier alpha value is -2.30. The number of hydrogen-bond donors (Lipinski definition) is 2. The molecule has 1 heterocycles. The second-order valence-corrected chi connectivity index (χ2v) is 14.2. The monoisotopic (exact) mass is 655 g/mol. The van der Waals surface area contributed by atoms with Crippen molar-refractivity contribution in [3.63, 3.8) is 0 Å². The summed E-state index contributed by atoms with van der Waals surface area (Å²) in [7, 11) is 0. The molecule has 2 N–H and O–H groups in total. The number of H-pyrrole nitrogens is 1. The van der Waals surface area contributed by atoms with Crippen molar-refractivity contribution < 1.29 is 19.6 Å². The van der Waals surface area contributed by atoms with Gasteiger partial charge >= 0.3 is 5.97 Å². The van der Waals surface area contributed by atoms with Gasteiger partial charge < -0.3 is 10.2 Å². The number of hydrogen-bond acceptors (Lipinski definition) is 2. The Balaban J connectivity index is 0.000000933. The van der Waals surface area contributed by atoms with Crippen LogP contribution in [0.15, 0.2) is 43.0 Å². The number of para-hydroxylation sites is 1. The number of aromatic amines is 1. The lowest BCUT2D eigenvalue weighted by atomic mass is 9.92. The minimum absolute atomic E-state index is 0.178. The fraction of sp³-hybridized carbons (Fsp3) is 0.762. The van der Waals surface area contributed by atoms with E-state index in [-0.39, 0.29) is 5.56 Å². The maximum Gasteiger partial charge on any atom is 0.335 e. The summed E-state index contributed by atoms with van der Waals surface area (Å²) in [5, 5.41) is 19.0. The van der Waals surface area contributed by atoms with Crippen LogP contribution in [0.1, 0.15) is 211 Å². The summed E-state index contributed by atoms with van der Waals surface area (Å²) in [5.74, 6) is -0.784. The standard InChI is InChI=1S/C35H68N2.C7H6O3/c1-4-6-8-10-12-14-16-17-18-19-20-22-24-26-28-34(3)32-35(37-31-30-36-33-37)29-27-25-23-21-15-13-11-9-7-5-2;8-6-4-2-1-3-5(6)7(9)10/h30-31,33-35H,4-29,32H2,1-3H3;1-4,8H,(H,9,10). The summed E-state index contributed by atoms with van der Waals surface area (Å²) in [5.41, 5.74) is -0.178. The van der Waals surface area contributed by atoms with Crippen molar-refractivity contribution in [1.82, 2.24) is 4.98 Å². The van der Waals surface area contributed by atoms with Crippen LogP contribution >= 0.6 is 0 Å². The lowest BCUT2D eigenvalue weighted by Gasteiger charge is -2.19. The molecule has 5 heteroatoms. The van der Waals surface area contributed by atoms with E-state index in [4.69, 9.17) is 5.11 Å². The lowest BCUT2D eigenvalue weighted by Crippen LogP contribution is -2.38. The topological polar surface area (TPSA) is 80.0 Å². The summed E-state index contributed by atoms with van der Waals surface area (Å²) in [6.07, 6.45) is 45.3. The molecule has 270 valence electrons. The average molecular weight is 655 g/mol. The summed E-state index contributed by atoms with van der Waals surface area (Å²) in [4.78, 5) is 13.5. The number of benzene rings is 1. The zero-order valence-electron chi connectivity index (χ0n) is 31.0. The Labute approximate surface area is 290 Å². The first-order valence-corrected chi connectivity index (χ1v) is 20.0. The van der Waals surface area contributed by atoms with E-state index in [1.807, 2.05) is 0 Å². The molecule has 0 aliphatic carbocycles. The van der Waals surface area contributed by atoms with Gasteiger partial charge in [-0.1, -0.05) is 199 Å². The van der Waals surface area contributed by atoms with Crippen molar-refractivity contribution in [2.24, 2.45) is 5.92 Å². The van der Waals surface area contributed by atoms with Crippen LogP contribution in [0.4, 0.5) is 0 Å². The molecule has 0 amide bonds. The van der Waals surface area contributed by atoms with Crippen molar-refractivity contribution in [1.29, 1.82) is 0 Å². The molecular formula is C42H74N2O3. The van der Waals surface area contributed by atoms with Gasteiger partial charge in [0, 0.05) is 0 Å². The third-order valence-corrected chi connectivity index (χ3v) is 9.72. The highest BCUT2D eigenvalue weighted by Crippen LogP contribution is 2.24. The molecule has 2 aromatic rings. The van der Waals surface area contributed by atoms with E-state index in [0.29, 0.717) is 6.04 Å². The van der Waals surface area contributed by atoms with Crippen LogP contribution in [0.3, 0.4) is 0 Å². The van der Waals surface area contributed by atoms with Crippen molar-refractivity contribution in [3.05, 3.63) is 48.5 Å². The number of rotatable bonds is 30. The zero-order chi connectivity index (χ0) is 34.2. The van der Waals surface area contributed by atoms with Crippen LogP contribution in [0.2, 0.25) is 0 Å². The number of imidazole rings is 1. The first-order valence-electron chi connectivity index (χ1n) is 20.0. The van der Waals surface area contributed by atoms with Gasteiger partial charge in [0.05, 0.1) is 5.56 Å². The van der Waals surface area contributed by atoms with Gasteiger partial charge in [0.15, 0.2) is 0 Å². The number of aromatic carboxylic acids is 1. The van der Waals surface area contributed by atoms with Crippen molar-refractivity contribution >= 4 is 5.97 Å². The van der Waals surface area contributed by atoms with E-state index in [1.165, 1.54) is 198 Å². The smallest absolute Gasteiger partial charge is 0.335 e. The van der Waals surface area contributed by atoms with Gasteiger partial charge in [-0.05, 0) is 31.2 Å². The lowest BCUT2D eigenvalue weighted by molar-refractivity contribution is -0.724. The molecule has 0 fully saturated rings. The molecule has 0 radical (unpaired) electrons. The number of nitrogens with zero attached hydrogens (tertiary/aromatic N) is 1. The molecule has 2 unspecified atom stereocenters. The van der Waals surface area contributed by atoms with Crippen molar-refractivity contribution in [2.45, 2.75) is 200 Å². The second kappa shape index (κ2) is 31.0. The molecule has 0 spiro atoms. The molecule has 0 aliphatic rings. The summed E-state index contributed by atoms with van der Waals surface area (Å²) < 4.78 is 2.45. The molecule has 47 heavy (non-hydrogen) atoms. The molecule has 1 aromatic heterocycles. The van der Waals surface area contributed by atoms with E-state index >= 15 is 0 Å². The Kier molecular flexibility index (Phi) is 28.2. The van der Waals surface area contributed by atoms with Crippen LogP contribution in [-0.2, 0) is 0 Å². The van der Waals surface area contributed by atoms with Crippen molar-refractivity contribution in [2.75, 3.05) is 0 Å². The minimum atomic E-state index is -1.18. The van der Waals surface area contributed by atoms with E-state index in [2.05, 4.69) is 49.0 Å². The molecule has 1 aromatic carbocycles. The minimum Gasteiger partial charge on any atom is -0.872 e. The van der Waals surface area contributed by atoms with Crippen LogP contribution in [0, 0.1) is 5.92 Å². The first-order chi connectivity index (χ1) is 23.0. The Morgan fingerprint density at radius 2 is 1.11 bits per heavy atom. The predicted octanol–water partition coefficient (Wildman–Crippen LogP) is 12.5. The molecule has 0 saturated heterocycles. The third kappa shape index (κ3) is 24.5. The van der Waals surface area contributed by atoms with Gasteiger partial charge in [0.1, 0.15) is 18.4 Å². The number of aromatic nitrogens is 2. The highest BCUT2D eigenvalue weighted by molar-refractivity contribution is 5.90. The number of nitrogens with one attached hydrogen (secondary N) is 1. The predicted molar refractivity (Wildman–Crippen MR) is 198 cm³/mol. The molecule has 0 aliphatic heterocycles. The highest BCUT2D eigenvalue weighted by Gasteiger charge is 2.18. The van der Waals surface area contributed by atoms with Gasteiger partial charge in [-0.3, -0.25) is 4.98 Å². The number of carboxylic acids is 1. The van der Waals surface area contributed by atoms with Crippen LogP contribution < -0.4 is 9.67 Å². The summed E-state index contributed by atoms with van der Waals surface area (Å²) in [6.45, 7) is 7.11. The largest absolute Gasteiger partial charge is 0.872 e. The van der Waals surface area contributed by atoms with E-state index in [9.17, 15) is 9.90 Å². The van der Waals surface area contributed by atoms with E-state index in [1.54, 1.807) is 0 Å². The van der Waals surface area contributed by atoms with Gasteiger partial charge in [0.25, 0.3) is 0 Å². The molecule has 5 nitrogen and oxygen atoms in total. The number of carboxylic acid groups (broad SMARTS) is 1. The molecule has 0 saturated carbocycles. The molecule has 0 bridgehead atoms. The SMILES string of the molecule is CCCCCCCCCCCCCCCCC(C)CC(CCCCCCCCCCCC)[n+]1cc[nH]c1.O=C(O)c1ccccc1[O-]. The van der Waals surface area contributed by atoms with Crippen LogP contribution in [0.25, 0.3) is 0 Å². The normalized spacial score (nSPS) is 12.4. The average Bonchev–Trinajstić information content (AvgIpc) is 3.61.